The van der Waals surface area contributed by atoms with Crippen LogP contribution in [0.25, 0.3) is 0 Å². The topological polar surface area (TPSA) is 120 Å². The fraction of sp³-hybridized carbons (Fsp3) is 0.350. The van der Waals surface area contributed by atoms with Gasteiger partial charge in [0.2, 0.25) is 0 Å². The summed E-state index contributed by atoms with van der Waals surface area (Å²) >= 11 is 0. The molecule has 2 heterocycles. The van der Waals surface area contributed by atoms with Crippen molar-refractivity contribution in [3.8, 4) is 6.07 Å². The molecule has 0 radical (unpaired) electrons. The number of ether oxygens (including phenoxy) is 1. The van der Waals surface area contributed by atoms with Gasteiger partial charge in [-0.3, -0.25) is 4.79 Å². The Labute approximate surface area is 168 Å². The minimum absolute atomic E-state index is 0.174. The smallest absolute Gasteiger partial charge is 0.409 e. The van der Waals surface area contributed by atoms with Crippen LogP contribution in [0.15, 0.2) is 36.4 Å². The lowest BCUT2D eigenvalue weighted by molar-refractivity contribution is 0.0982. The molecule has 1 aliphatic heterocycles. The van der Waals surface area contributed by atoms with Crippen molar-refractivity contribution in [3.05, 3.63) is 47.7 Å². The molecule has 9 nitrogen and oxygen atoms in total. The van der Waals surface area contributed by atoms with Crippen molar-refractivity contribution >= 4 is 23.5 Å². The van der Waals surface area contributed by atoms with Crippen molar-refractivity contribution in [3.63, 3.8) is 0 Å². The van der Waals surface area contributed by atoms with Gasteiger partial charge in [0.25, 0.3) is 5.91 Å². The van der Waals surface area contributed by atoms with E-state index in [9.17, 15) is 9.59 Å². The van der Waals surface area contributed by atoms with Crippen LogP contribution >= 0.6 is 0 Å². The summed E-state index contributed by atoms with van der Waals surface area (Å²) in [7, 11) is 0. The Morgan fingerprint density at radius 1 is 1.17 bits per heavy atom. The average molecular weight is 394 g/mol. The highest BCUT2D eigenvalue weighted by atomic mass is 16.6. The minimum atomic E-state index is -0.378. The summed E-state index contributed by atoms with van der Waals surface area (Å²) in [6.45, 7) is 3.40. The summed E-state index contributed by atoms with van der Waals surface area (Å²) in [4.78, 5) is 25.7. The number of benzene rings is 1. The molecule has 1 aromatic heterocycles. The molecule has 9 heteroatoms. The highest BCUT2D eigenvalue weighted by molar-refractivity contribution is 6.02. The van der Waals surface area contributed by atoms with Gasteiger partial charge in [0.15, 0.2) is 5.69 Å². The average Bonchev–Trinajstić information content (AvgIpc) is 2.75. The largest absolute Gasteiger partial charge is 0.450 e. The molecule has 1 aliphatic rings. The van der Waals surface area contributed by atoms with E-state index in [4.69, 9.17) is 10.00 Å². The molecule has 3 rings (SSSR count). The van der Waals surface area contributed by atoms with E-state index in [1.807, 2.05) is 6.07 Å². The quantitative estimate of drug-likeness (QED) is 0.800. The SMILES string of the molecule is CCOC(=O)N1CCC(Nc2ccc(C(=O)Nc3ccc(C#N)cc3)nn2)CC1. The molecule has 1 saturated heterocycles. The number of piperidine rings is 1. The molecule has 0 aliphatic carbocycles. The molecule has 0 saturated carbocycles. The molecule has 0 bridgehead atoms. The molecule has 2 aromatic rings. The third kappa shape index (κ3) is 5.42. The van der Waals surface area contributed by atoms with E-state index in [2.05, 4.69) is 20.8 Å². The number of anilines is 2. The Morgan fingerprint density at radius 3 is 2.48 bits per heavy atom. The maximum atomic E-state index is 12.3. The lowest BCUT2D eigenvalue weighted by Crippen LogP contribution is -2.42. The number of aromatic nitrogens is 2. The Bertz CT molecular complexity index is 884. The number of nitrogens with one attached hydrogen (secondary N) is 2. The fourth-order valence-corrected chi connectivity index (χ4v) is 2.98. The molecule has 2 amide bonds. The van der Waals surface area contributed by atoms with Crippen LogP contribution in [0.2, 0.25) is 0 Å². The second-order valence-corrected chi connectivity index (χ2v) is 6.55. The number of nitrogens with zero attached hydrogens (tertiary/aromatic N) is 4. The van der Waals surface area contributed by atoms with Gasteiger partial charge in [-0.25, -0.2) is 4.79 Å². The van der Waals surface area contributed by atoms with E-state index in [-0.39, 0.29) is 23.7 Å². The lowest BCUT2D eigenvalue weighted by atomic mass is 10.1. The van der Waals surface area contributed by atoms with Crippen LogP contribution in [-0.4, -0.2) is 52.8 Å². The number of likely N-dealkylation sites (tertiary alicyclic amines) is 1. The number of amides is 2. The van der Waals surface area contributed by atoms with Crippen LogP contribution in [0, 0.1) is 11.3 Å². The van der Waals surface area contributed by atoms with Crippen LogP contribution in [0.1, 0.15) is 35.8 Å². The maximum Gasteiger partial charge on any atom is 0.409 e. The van der Waals surface area contributed by atoms with E-state index >= 15 is 0 Å². The number of nitriles is 1. The Kier molecular flexibility index (Phi) is 6.58. The van der Waals surface area contributed by atoms with E-state index < -0.39 is 0 Å². The van der Waals surface area contributed by atoms with Crippen LogP contribution in [0.4, 0.5) is 16.3 Å². The second kappa shape index (κ2) is 9.50. The van der Waals surface area contributed by atoms with Gasteiger partial charge in [-0.15, -0.1) is 10.2 Å². The Morgan fingerprint density at radius 2 is 1.90 bits per heavy atom. The number of carbonyl (C=O) groups excluding carboxylic acids is 2. The first kappa shape index (κ1) is 20.1. The van der Waals surface area contributed by atoms with Gasteiger partial charge in [0, 0.05) is 24.8 Å². The second-order valence-electron chi connectivity index (χ2n) is 6.55. The highest BCUT2D eigenvalue weighted by Gasteiger charge is 2.23. The molecule has 0 unspecified atom stereocenters. The first-order valence-corrected chi connectivity index (χ1v) is 9.42. The van der Waals surface area contributed by atoms with E-state index in [0.29, 0.717) is 36.8 Å². The van der Waals surface area contributed by atoms with Gasteiger partial charge >= 0.3 is 6.09 Å². The summed E-state index contributed by atoms with van der Waals surface area (Å²) in [5.74, 6) is 0.200. The normalized spacial score (nSPS) is 14.0. The van der Waals surface area contributed by atoms with E-state index in [1.54, 1.807) is 48.2 Å². The van der Waals surface area contributed by atoms with Gasteiger partial charge in [-0.05, 0) is 56.2 Å². The summed E-state index contributed by atoms with van der Waals surface area (Å²) in [5, 5.41) is 22.9. The molecule has 150 valence electrons. The van der Waals surface area contributed by atoms with Gasteiger partial charge in [-0.2, -0.15) is 5.26 Å². The minimum Gasteiger partial charge on any atom is -0.450 e. The Hall–Kier alpha value is -3.67. The molecule has 29 heavy (non-hydrogen) atoms. The van der Waals surface area contributed by atoms with Crippen molar-refractivity contribution in [1.29, 1.82) is 5.26 Å². The third-order valence-corrected chi connectivity index (χ3v) is 4.54. The first-order chi connectivity index (χ1) is 14.1. The summed E-state index contributed by atoms with van der Waals surface area (Å²) < 4.78 is 5.02. The van der Waals surface area contributed by atoms with Gasteiger partial charge in [0.1, 0.15) is 5.82 Å². The van der Waals surface area contributed by atoms with Gasteiger partial charge < -0.3 is 20.3 Å². The van der Waals surface area contributed by atoms with Crippen LogP contribution in [-0.2, 0) is 4.74 Å². The van der Waals surface area contributed by atoms with Crippen molar-refractivity contribution < 1.29 is 14.3 Å². The monoisotopic (exact) mass is 394 g/mol. The molecule has 0 atom stereocenters. The van der Waals surface area contributed by atoms with Crippen molar-refractivity contribution in [1.82, 2.24) is 15.1 Å². The predicted molar refractivity (Wildman–Crippen MR) is 106 cm³/mol. The summed E-state index contributed by atoms with van der Waals surface area (Å²) in [5.41, 5.74) is 1.29. The van der Waals surface area contributed by atoms with Crippen molar-refractivity contribution in [2.24, 2.45) is 0 Å². The molecule has 1 fully saturated rings. The fourth-order valence-electron chi connectivity index (χ4n) is 2.98. The molecular formula is C20H22N6O3. The van der Waals surface area contributed by atoms with Crippen molar-refractivity contribution in [2.45, 2.75) is 25.8 Å². The Balaban J connectivity index is 1.50. The zero-order valence-corrected chi connectivity index (χ0v) is 16.1. The molecule has 0 spiro atoms. The van der Waals surface area contributed by atoms with E-state index in [0.717, 1.165) is 12.8 Å². The molecule has 2 N–H and O–H groups in total. The summed E-state index contributed by atoms with van der Waals surface area (Å²) in [6.07, 6.45) is 1.28. The first-order valence-electron chi connectivity index (χ1n) is 9.42. The van der Waals surface area contributed by atoms with Gasteiger partial charge in [0.05, 0.1) is 18.2 Å². The zero-order valence-electron chi connectivity index (χ0n) is 16.1. The zero-order chi connectivity index (χ0) is 20.6. The number of carbonyl (C=O) groups is 2. The number of hydrogen-bond donors (Lipinski definition) is 2. The maximum absolute atomic E-state index is 12.3. The number of hydrogen-bond acceptors (Lipinski definition) is 7. The summed E-state index contributed by atoms with van der Waals surface area (Å²) in [6, 6.07) is 12.1. The standard InChI is InChI=1S/C20H22N6O3/c1-2-29-20(28)26-11-9-16(10-12-26)22-18-8-7-17(24-25-18)19(27)23-15-5-3-14(13-21)4-6-15/h3-8,16H,2,9-12H2,1H3,(H,22,25)(H,23,27). The molecule has 1 aromatic carbocycles. The van der Waals surface area contributed by atoms with E-state index in [1.165, 1.54) is 0 Å². The van der Waals surface area contributed by atoms with Crippen molar-refractivity contribution in [2.75, 3.05) is 30.3 Å². The molecular weight excluding hydrogens is 372 g/mol. The predicted octanol–water partition coefficient (Wildman–Crippen LogP) is 2.63. The van der Waals surface area contributed by atoms with Crippen LogP contribution < -0.4 is 10.6 Å². The van der Waals surface area contributed by atoms with Crippen LogP contribution in [0.5, 0.6) is 0 Å². The highest BCUT2D eigenvalue weighted by Crippen LogP contribution is 2.16. The van der Waals surface area contributed by atoms with Crippen LogP contribution in [0.3, 0.4) is 0 Å². The number of rotatable bonds is 5. The van der Waals surface area contributed by atoms with Gasteiger partial charge in [-0.1, -0.05) is 0 Å². The lowest BCUT2D eigenvalue weighted by Gasteiger charge is -2.31. The third-order valence-electron chi connectivity index (χ3n) is 4.54.